The van der Waals surface area contributed by atoms with Crippen molar-refractivity contribution in [3.63, 3.8) is 0 Å². The SMILES string of the molecule is CC(C)C(CS)CN(CC(F)(F)F)C(C)C. The molecule has 0 aliphatic rings. The Morgan fingerprint density at radius 2 is 1.62 bits per heavy atom. The summed E-state index contributed by atoms with van der Waals surface area (Å²) in [5.74, 6) is 1.18. The van der Waals surface area contributed by atoms with Crippen LogP contribution in [0.25, 0.3) is 0 Å². The predicted octanol–water partition coefficient (Wildman–Crippen LogP) is 3.46. The molecule has 0 rings (SSSR count). The topological polar surface area (TPSA) is 3.24 Å². The Kier molecular flexibility index (Phi) is 6.79. The van der Waals surface area contributed by atoms with E-state index in [2.05, 4.69) is 12.6 Å². The quantitative estimate of drug-likeness (QED) is 0.713. The van der Waals surface area contributed by atoms with Gasteiger partial charge >= 0.3 is 6.18 Å². The fourth-order valence-electron chi connectivity index (χ4n) is 1.47. The number of alkyl halides is 3. The van der Waals surface area contributed by atoms with Gasteiger partial charge in [0.25, 0.3) is 0 Å². The van der Waals surface area contributed by atoms with Gasteiger partial charge in [0.05, 0.1) is 6.54 Å². The average molecular weight is 257 g/mol. The van der Waals surface area contributed by atoms with E-state index < -0.39 is 12.7 Å². The lowest BCUT2D eigenvalue weighted by Crippen LogP contribution is -2.43. The van der Waals surface area contributed by atoms with Crippen LogP contribution in [0, 0.1) is 11.8 Å². The molecule has 0 spiro atoms. The maximum atomic E-state index is 12.4. The van der Waals surface area contributed by atoms with Crippen LogP contribution in [0.4, 0.5) is 13.2 Å². The zero-order valence-electron chi connectivity index (χ0n) is 10.4. The van der Waals surface area contributed by atoms with Crippen molar-refractivity contribution in [3.8, 4) is 0 Å². The van der Waals surface area contributed by atoms with Crippen molar-refractivity contribution < 1.29 is 13.2 Å². The monoisotopic (exact) mass is 257 g/mol. The summed E-state index contributed by atoms with van der Waals surface area (Å²) in [6, 6.07) is -0.0947. The predicted molar refractivity (Wildman–Crippen MR) is 64.9 cm³/mol. The minimum Gasteiger partial charge on any atom is -0.292 e. The third kappa shape index (κ3) is 6.63. The van der Waals surface area contributed by atoms with Gasteiger partial charge in [-0.15, -0.1) is 0 Å². The Morgan fingerprint density at radius 3 is 1.88 bits per heavy atom. The highest BCUT2D eigenvalue weighted by Gasteiger charge is 2.32. The number of rotatable bonds is 6. The molecule has 1 nitrogen and oxygen atoms in total. The van der Waals surface area contributed by atoms with Crippen molar-refractivity contribution in [2.45, 2.75) is 39.9 Å². The second-order valence-corrected chi connectivity index (χ2v) is 5.19. The fraction of sp³-hybridized carbons (Fsp3) is 1.00. The number of halogens is 3. The summed E-state index contributed by atoms with van der Waals surface area (Å²) in [7, 11) is 0. The van der Waals surface area contributed by atoms with E-state index in [4.69, 9.17) is 0 Å². The zero-order valence-corrected chi connectivity index (χ0v) is 11.3. The first kappa shape index (κ1) is 16.1. The molecule has 0 fully saturated rings. The molecule has 0 amide bonds. The first-order valence-corrected chi connectivity index (χ1v) is 6.22. The second kappa shape index (κ2) is 6.74. The molecular formula is C11H22F3NS. The van der Waals surface area contributed by atoms with Crippen LogP contribution in [0.3, 0.4) is 0 Å². The highest BCUT2D eigenvalue weighted by Crippen LogP contribution is 2.21. The van der Waals surface area contributed by atoms with Gasteiger partial charge in [-0.25, -0.2) is 0 Å². The molecule has 5 heteroatoms. The zero-order chi connectivity index (χ0) is 12.9. The Morgan fingerprint density at radius 1 is 1.12 bits per heavy atom. The van der Waals surface area contributed by atoms with Gasteiger partial charge in [-0.2, -0.15) is 25.8 Å². The molecule has 1 atom stereocenters. The van der Waals surface area contributed by atoms with E-state index in [0.29, 0.717) is 18.2 Å². The van der Waals surface area contributed by atoms with Gasteiger partial charge in [-0.3, -0.25) is 4.90 Å². The van der Waals surface area contributed by atoms with E-state index >= 15 is 0 Å². The van der Waals surface area contributed by atoms with E-state index in [9.17, 15) is 13.2 Å². The molecule has 0 bridgehead atoms. The van der Waals surface area contributed by atoms with Crippen LogP contribution in [0.15, 0.2) is 0 Å². The second-order valence-electron chi connectivity index (χ2n) is 4.83. The maximum Gasteiger partial charge on any atom is 0.401 e. The van der Waals surface area contributed by atoms with Crippen LogP contribution in [0.1, 0.15) is 27.7 Å². The summed E-state index contributed by atoms with van der Waals surface area (Å²) in [6.07, 6.45) is -4.12. The number of hydrogen-bond acceptors (Lipinski definition) is 2. The number of nitrogens with zero attached hydrogens (tertiary/aromatic N) is 1. The fourth-order valence-corrected chi connectivity index (χ4v) is 2.01. The van der Waals surface area contributed by atoms with Crippen LogP contribution in [-0.2, 0) is 0 Å². The van der Waals surface area contributed by atoms with E-state index in [0.717, 1.165) is 0 Å². The summed E-state index contributed by atoms with van der Waals surface area (Å²) >= 11 is 4.20. The Labute approximate surface area is 102 Å². The van der Waals surface area contributed by atoms with Crippen molar-refractivity contribution in [1.82, 2.24) is 4.90 Å². The molecule has 0 saturated carbocycles. The summed E-state index contributed by atoms with van der Waals surface area (Å²) in [6.45, 7) is 7.25. The number of hydrogen-bond donors (Lipinski definition) is 1. The summed E-state index contributed by atoms with van der Waals surface area (Å²) in [5, 5.41) is 0. The van der Waals surface area contributed by atoms with Gasteiger partial charge in [0.15, 0.2) is 0 Å². The van der Waals surface area contributed by atoms with Crippen molar-refractivity contribution in [2.24, 2.45) is 11.8 Å². The van der Waals surface area contributed by atoms with E-state index in [1.54, 1.807) is 13.8 Å². The van der Waals surface area contributed by atoms with Crippen LogP contribution >= 0.6 is 12.6 Å². The summed E-state index contributed by atoms with van der Waals surface area (Å²) < 4.78 is 37.1. The molecule has 0 radical (unpaired) electrons. The number of thiol groups is 1. The average Bonchev–Trinajstić information content (AvgIpc) is 2.09. The summed E-state index contributed by atoms with van der Waals surface area (Å²) in [5.41, 5.74) is 0. The van der Waals surface area contributed by atoms with Crippen molar-refractivity contribution in [1.29, 1.82) is 0 Å². The molecule has 1 unspecified atom stereocenters. The van der Waals surface area contributed by atoms with Crippen LogP contribution in [0.5, 0.6) is 0 Å². The molecule has 0 aliphatic carbocycles. The van der Waals surface area contributed by atoms with Gasteiger partial charge in [-0.05, 0) is 31.4 Å². The standard InChI is InChI=1S/C11H22F3NS/c1-8(2)10(6-16)5-15(9(3)4)7-11(12,13)14/h8-10,16H,5-7H2,1-4H3. The van der Waals surface area contributed by atoms with E-state index in [1.807, 2.05) is 13.8 Å². The lowest BCUT2D eigenvalue weighted by atomic mass is 9.97. The molecule has 98 valence electrons. The van der Waals surface area contributed by atoms with Crippen LogP contribution < -0.4 is 0 Å². The molecule has 16 heavy (non-hydrogen) atoms. The molecule has 0 aromatic carbocycles. The molecule has 0 aromatic rings. The molecule has 0 saturated heterocycles. The van der Waals surface area contributed by atoms with Crippen molar-refractivity contribution in [3.05, 3.63) is 0 Å². The van der Waals surface area contributed by atoms with Gasteiger partial charge in [0.2, 0.25) is 0 Å². The minimum absolute atomic E-state index is 0.0947. The first-order valence-electron chi connectivity index (χ1n) is 5.59. The van der Waals surface area contributed by atoms with Crippen LogP contribution in [0.2, 0.25) is 0 Å². The molecule has 0 aromatic heterocycles. The first-order chi connectivity index (χ1) is 7.17. The molecular weight excluding hydrogens is 235 g/mol. The van der Waals surface area contributed by atoms with Gasteiger partial charge in [0, 0.05) is 12.6 Å². The smallest absolute Gasteiger partial charge is 0.292 e. The van der Waals surface area contributed by atoms with Crippen molar-refractivity contribution >= 4 is 12.6 Å². The highest BCUT2D eigenvalue weighted by atomic mass is 32.1. The van der Waals surface area contributed by atoms with Crippen LogP contribution in [-0.4, -0.2) is 36.0 Å². The molecule has 0 aliphatic heterocycles. The molecule has 0 heterocycles. The largest absolute Gasteiger partial charge is 0.401 e. The van der Waals surface area contributed by atoms with Gasteiger partial charge in [0.1, 0.15) is 0 Å². The maximum absolute atomic E-state index is 12.4. The molecule has 0 N–H and O–H groups in total. The van der Waals surface area contributed by atoms with E-state index in [1.165, 1.54) is 4.90 Å². The van der Waals surface area contributed by atoms with Crippen molar-refractivity contribution in [2.75, 3.05) is 18.8 Å². The normalized spacial score (nSPS) is 15.2. The van der Waals surface area contributed by atoms with Gasteiger partial charge in [-0.1, -0.05) is 13.8 Å². The Bertz CT molecular complexity index is 192. The van der Waals surface area contributed by atoms with Gasteiger partial charge < -0.3 is 0 Å². The lowest BCUT2D eigenvalue weighted by Gasteiger charge is -2.32. The highest BCUT2D eigenvalue weighted by molar-refractivity contribution is 7.80. The third-order valence-electron chi connectivity index (χ3n) is 2.76. The Balaban J connectivity index is 4.44. The minimum atomic E-state index is -4.12. The summed E-state index contributed by atoms with van der Waals surface area (Å²) in [4.78, 5) is 1.47. The Hall–Kier alpha value is 0.100. The third-order valence-corrected chi connectivity index (χ3v) is 3.23. The van der Waals surface area contributed by atoms with E-state index in [-0.39, 0.29) is 12.0 Å². The lowest BCUT2D eigenvalue weighted by molar-refractivity contribution is -0.151.